The minimum absolute atomic E-state index is 0.116. The highest BCUT2D eigenvalue weighted by Crippen LogP contribution is 2.26. The van der Waals surface area contributed by atoms with E-state index in [1.54, 1.807) is 6.07 Å². The van der Waals surface area contributed by atoms with Crippen LogP contribution in [0.15, 0.2) is 18.2 Å². The van der Waals surface area contributed by atoms with Crippen molar-refractivity contribution in [3.05, 3.63) is 29.6 Å². The van der Waals surface area contributed by atoms with Crippen molar-refractivity contribution in [2.75, 3.05) is 30.3 Å². The molecule has 2 N–H and O–H groups in total. The SMILES string of the molecule is CC1CN(c2ccc(CCN)cc2F)CCS1. The summed E-state index contributed by atoms with van der Waals surface area (Å²) in [5.41, 5.74) is 7.19. The van der Waals surface area contributed by atoms with Gasteiger partial charge >= 0.3 is 0 Å². The predicted molar refractivity (Wildman–Crippen MR) is 73.3 cm³/mol. The number of nitrogens with two attached hydrogens (primary N) is 1. The Hall–Kier alpha value is -0.740. The van der Waals surface area contributed by atoms with Crippen molar-refractivity contribution in [3.63, 3.8) is 0 Å². The summed E-state index contributed by atoms with van der Waals surface area (Å²) in [7, 11) is 0. The predicted octanol–water partition coefficient (Wildman–Crippen LogP) is 2.27. The van der Waals surface area contributed by atoms with Gasteiger partial charge in [-0.2, -0.15) is 11.8 Å². The molecule has 0 radical (unpaired) electrons. The van der Waals surface area contributed by atoms with E-state index in [0.717, 1.165) is 36.5 Å². The first kappa shape index (κ1) is 12.7. The van der Waals surface area contributed by atoms with Gasteiger partial charge in [-0.25, -0.2) is 4.39 Å². The largest absolute Gasteiger partial charge is 0.367 e. The maximum Gasteiger partial charge on any atom is 0.146 e. The number of thioether (sulfide) groups is 1. The first-order valence-electron chi connectivity index (χ1n) is 6.05. The second-order valence-electron chi connectivity index (χ2n) is 4.45. The Labute approximate surface area is 106 Å². The Morgan fingerprint density at radius 2 is 2.35 bits per heavy atom. The van der Waals surface area contributed by atoms with Gasteiger partial charge in [0, 0.05) is 24.1 Å². The van der Waals surface area contributed by atoms with Crippen LogP contribution in [0.2, 0.25) is 0 Å². The lowest BCUT2D eigenvalue weighted by atomic mass is 10.1. The van der Waals surface area contributed by atoms with Crippen molar-refractivity contribution in [2.24, 2.45) is 5.73 Å². The van der Waals surface area contributed by atoms with Crippen LogP contribution in [0.1, 0.15) is 12.5 Å². The van der Waals surface area contributed by atoms with Crippen LogP contribution in [0.4, 0.5) is 10.1 Å². The van der Waals surface area contributed by atoms with Gasteiger partial charge in [0.05, 0.1) is 5.69 Å². The van der Waals surface area contributed by atoms with Crippen LogP contribution in [0.3, 0.4) is 0 Å². The number of hydrogen-bond acceptors (Lipinski definition) is 3. The number of nitrogens with zero attached hydrogens (tertiary/aromatic N) is 1. The topological polar surface area (TPSA) is 29.3 Å². The van der Waals surface area contributed by atoms with E-state index >= 15 is 0 Å². The van der Waals surface area contributed by atoms with Gasteiger partial charge in [0.1, 0.15) is 5.82 Å². The highest BCUT2D eigenvalue weighted by molar-refractivity contribution is 8.00. The van der Waals surface area contributed by atoms with Crippen LogP contribution in [0.5, 0.6) is 0 Å². The second kappa shape index (κ2) is 5.74. The highest BCUT2D eigenvalue weighted by atomic mass is 32.2. The third kappa shape index (κ3) is 3.13. The molecule has 1 aliphatic heterocycles. The number of halogens is 1. The van der Waals surface area contributed by atoms with Crippen molar-refractivity contribution in [2.45, 2.75) is 18.6 Å². The van der Waals surface area contributed by atoms with Crippen molar-refractivity contribution < 1.29 is 4.39 Å². The standard InChI is InChI=1S/C13H19FN2S/c1-10-9-16(6-7-17-10)13-3-2-11(4-5-15)8-12(13)14/h2-3,8,10H,4-7,9,15H2,1H3. The Morgan fingerprint density at radius 1 is 1.53 bits per heavy atom. The Kier molecular flexibility index (Phi) is 4.29. The monoisotopic (exact) mass is 254 g/mol. The van der Waals surface area contributed by atoms with Crippen LogP contribution < -0.4 is 10.6 Å². The second-order valence-corrected chi connectivity index (χ2v) is 6.00. The summed E-state index contributed by atoms with van der Waals surface area (Å²) in [5, 5.41) is 0.576. The molecule has 1 fully saturated rings. The molecule has 1 atom stereocenters. The summed E-state index contributed by atoms with van der Waals surface area (Å²) in [4.78, 5) is 2.14. The maximum absolute atomic E-state index is 14.0. The summed E-state index contributed by atoms with van der Waals surface area (Å²) in [6.45, 7) is 4.62. The molecule has 0 bridgehead atoms. The van der Waals surface area contributed by atoms with Crippen LogP contribution in [-0.2, 0) is 6.42 Å². The molecule has 0 aliphatic carbocycles. The normalized spacial score (nSPS) is 20.6. The third-order valence-electron chi connectivity index (χ3n) is 3.03. The lowest BCUT2D eigenvalue weighted by Crippen LogP contribution is -2.37. The first-order valence-corrected chi connectivity index (χ1v) is 7.10. The van der Waals surface area contributed by atoms with Gasteiger partial charge in [0.15, 0.2) is 0 Å². The molecule has 94 valence electrons. The molecular weight excluding hydrogens is 235 g/mol. The molecule has 1 saturated heterocycles. The van der Waals surface area contributed by atoms with Crippen molar-refractivity contribution in [1.29, 1.82) is 0 Å². The zero-order valence-corrected chi connectivity index (χ0v) is 11.0. The van der Waals surface area contributed by atoms with Crippen molar-refractivity contribution in [1.82, 2.24) is 0 Å². The average Bonchev–Trinajstić information content (AvgIpc) is 2.29. The lowest BCUT2D eigenvalue weighted by molar-refractivity contribution is 0.614. The quantitative estimate of drug-likeness (QED) is 0.897. The van der Waals surface area contributed by atoms with E-state index in [1.807, 2.05) is 23.9 Å². The summed E-state index contributed by atoms with van der Waals surface area (Å²) >= 11 is 1.95. The number of hydrogen-bond donors (Lipinski definition) is 1. The zero-order chi connectivity index (χ0) is 12.3. The maximum atomic E-state index is 14.0. The smallest absolute Gasteiger partial charge is 0.146 e. The zero-order valence-electron chi connectivity index (χ0n) is 10.2. The third-order valence-corrected chi connectivity index (χ3v) is 4.16. The van der Waals surface area contributed by atoms with Gasteiger partial charge in [-0.3, -0.25) is 0 Å². The molecule has 1 aliphatic rings. The summed E-state index contributed by atoms with van der Waals surface area (Å²) < 4.78 is 14.0. The Balaban J connectivity index is 2.15. The van der Waals surface area contributed by atoms with E-state index in [9.17, 15) is 4.39 Å². The molecule has 1 heterocycles. The minimum atomic E-state index is -0.116. The molecule has 0 aromatic heterocycles. The van der Waals surface area contributed by atoms with Gasteiger partial charge in [-0.15, -0.1) is 0 Å². The van der Waals surface area contributed by atoms with E-state index in [0.29, 0.717) is 11.8 Å². The van der Waals surface area contributed by atoms with E-state index in [2.05, 4.69) is 11.8 Å². The molecule has 17 heavy (non-hydrogen) atoms. The highest BCUT2D eigenvalue weighted by Gasteiger charge is 2.19. The number of rotatable bonds is 3. The molecule has 1 unspecified atom stereocenters. The fraction of sp³-hybridized carbons (Fsp3) is 0.538. The van der Waals surface area contributed by atoms with Gasteiger partial charge in [0.2, 0.25) is 0 Å². The van der Waals surface area contributed by atoms with Crippen LogP contribution >= 0.6 is 11.8 Å². The molecule has 1 aromatic rings. The average molecular weight is 254 g/mol. The molecule has 4 heteroatoms. The summed E-state index contributed by atoms with van der Waals surface area (Å²) in [6, 6.07) is 5.50. The van der Waals surface area contributed by atoms with E-state index in [1.165, 1.54) is 0 Å². The molecule has 1 aromatic carbocycles. The van der Waals surface area contributed by atoms with Crippen LogP contribution in [0.25, 0.3) is 0 Å². The molecule has 0 amide bonds. The summed E-state index contributed by atoms with van der Waals surface area (Å²) in [5.74, 6) is 0.959. The number of anilines is 1. The van der Waals surface area contributed by atoms with E-state index in [-0.39, 0.29) is 5.82 Å². The minimum Gasteiger partial charge on any atom is -0.367 e. The fourth-order valence-corrected chi connectivity index (χ4v) is 3.18. The molecular formula is C13H19FN2S. The fourth-order valence-electron chi connectivity index (χ4n) is 2.17. The number of benzene rings is 1. The van der Waals surface area contributed by atoms with Crippen molar-refractivity contribution in [3.8, 4) is 0 Å². The van der Waals surface area contributed by atoms with E-state index in [4.69, 9.17) is 5.73 Å². The molecule has 0 spiro atoms. The lowest BCUT2D eigenvalue weighted by Gasteiger charge is -2.32. The van der Waals surface area contributed by atoms with Gasteiger partial charge < -0.3 is 10.6 Å². The van der Waals surface area contributed by atoms with E-state index < -0.39 is 0 Å². The molecule has 2 nitrogen and oxygen atoms in total. The Bertz CT molecular complexity index is 384. The Morgan fingerprint density at radius 3 is 3.00 bits per heavy atom. The van der Waals surface area contributed by atoms with Crippen LogP contribution in [-0.4, -0.2) is 30.6 Å². The summed E-state index contributed by atoms with van der Waals surface area (Å²) in [6.07, 6.45) is 0.740. The van der Waals surface area contributed by atoms with Crippen molar-refractivity contribution >= 4 is 17.4 Å². The first-order chi connectivity index (χ1) is 8.20. The van der Waals surface area contributed by atoms with Crippen LogP contribution in [0, 0.1) is 5.82 Å². The van der Waals surface area contributed by atoms with Gasteiger partial charge in [-0.1, -0.05) is 13.0 Å². The van der Waals surface area contributed by atoms with Gasteiger partial charge in [-0.05, 0) is 30.7 Å². The molecule has 2 rings (SSSR count). The van der Waals surface area contributed by atoms with Gasteiger partial charge in [0.25, 0.3) is 0 Å². The molecule has 0 saturated carbocycles.